The Morgan fingerprint density at radius 1 is 1.37 bits per heavy atom. The fourth-order valence-electron chi connectivity index (χ4n) is 2.36. The molecule has 4 nitrogen and oxygen atoms in total. The average Bonchev–Trinajstić information content (AvgIpc) is 2.77. The lowest BCUT2D eigenvalue weighted by atomic mass is 10.2. The molecule has 0 saturated heterocycles. The van der Waals surface area contributed by atoms with Gasteiger partial charge in [0.2, 0.25) is 5.91 Å². The van der Waals surface area contributed by atoms with E-state index in [1.54, 1.807) is 0 Å². The van der Waals surface area contributed by atoms with Crippen molar-refractivity contribution in [1.29, 1.82) is 0 Å². The van der Waals surface area contributed by atoms with Crippen LogP contribution in [-0.4, -0.2) is 23.1 Å². The van der Waals surface area contributed by atoms with Gasteiger partial charge >= 0.3 is 0 Å². The van der Waals surface area contributed by atoms with Crippen LogP contribution in [0.25, 0.3) is 0 Å². The van der Waals surface area contributed by atoms with Gasteiger partial charge in [-0.1, -0.05) is 20.3 Å². The highest BCUT2D eigenvalue weighted by atomic mass is 16.2. The molecule has 1 heterocycles. The van der Waals surface area contributed by atoms with E-state index in [2.05, 4.69) is 44.4 Å². The summed E-state index contributed by atoms with van der Waals surface area (Å²) in [4.78, 5) is 12.0. The van der Waals surface area contributed by atoms with Crippen molar-refractivity contribution in [3.05, 3.63) is 24.0 Å². The number of carbonyl (C=O) groups is 1. The van der Waals surface area contributed by atoms with Crippen molar-refractivity contribution in [2.75, 3.05) is 6.54 Å². The second kappa shape index (κ2) is 8.00. The summed E-state index contributed by atoms with van der Waals surface area (Å²) in [5, 5.41) is 6.41. The fourth-order valence-corrected chi connectivity index (χ4v) is 2.36. The minimum atomic E-state index is 0.0853. The van der Waals surface area contributed by atoms with Crippen LogP contribution in [0.1, 0.15) is 52.3 Å². The predicted octanol–water partition coefficient (Wildman–Crippen LogP) is 2.46. The van der Waals surface area contributed by atoms with Crippen LogP contribution in [0.2, 0.25) is 0 Å². The number of aromatic nitrogens is 1. The normalized spacial score (nSPS) is 14.1. The molecule has 1 rings (SSSR count). The molecule has 0 fully saturated rings. The molecule has 2 unspecified atom stereocenters. The largest absolute Gasteiger partial charge is 0.352 e. The summed E-state index contributed by atoms with van der Waals surface area (Å²) in [6.07, 6.45) is 4.08. The summed E-state index contributed by atoms with van der Waals surface area (Å²) in [5.74, 6) is 0.0853. The molecule has 0 bridgehead atoms. The lowest BCUT2D eigenvalue weighted by molar-refractivity contribution is -0.122. The first-order valence-electron chi connectivity index (χ1n) is 7.26. The van der Waals surface area contributed by atoms with Crippen LogP contribution in [-0.2, 0) is 11.3 Å². The van der Waals surface area contributed by atoms with Crippen molar-refractivity contribution in [3.63, 3.8) is 0 Å². The average molecular weight is 265 g/mol. The van der Waals surface area contributed by atoms with Gasteiger partial charge < -0.3 is 15.2 Å². The van der Waals surface area contributed by atoms with Crippen molar-refractivity contribution >= 4 is 5.91 Å². The summed E-state index contributed by atoms with van der Waals surface area (Å²) in [6.45, 7) is 9.71. The highest BCUT2D eigenvalue weighted by Crippen LogP contribution is 2.13. The minimum absolute atomic E-state index is 0.0853. The SMILES string of the molecule is CCCC(C)NC(=O)Cn1cccc1C(C)NCC. The Labute approximate surface area is 116 Å². The molecular formula is C15H27N3O. The van der Waals surface area contributed by atoms with Crippen molar-refractivity contribution in [1.82, 2.24) is 15.2 Å². The van der Waals surface area contributed by atoms with Crippen LogP contribution in [0, 0.1) is 0 Å². The van der Waals surface area contributed by atoms with Crippen molar-refractivity contribution < 1.29 is 4.79 Å². The Bertz CT molecular complexity index is 386. The molecule has 0 aromatic carbocycles. The first kappa shape index (κ1) is 15.8. The predicted molar refractivity (Wildman–Crippen MR) is 79.0 cm³/mol. The molecule has 19 heavy (non-hydrogen) atoms. The highest BCUT2D eigenvalue weighted by molar-refractivity contribution is 5.76. The third-order valence-electron chi connectivity index (χ3n) is 3.26. The molecule has 1 aromatic heterocycles. The fraction of sp³-hybridized carbons (Fsp3) is 0.667. The number of hydrogen-bond donors (Lipinski definition) is 2. The van der Waals surface area contributed by atoms with E-state index in [0.29, 0.717) is 6.54 Å². The molecule has 4 heteroatoms. The summed E-state index contributed by atoms with van der Waals surface area (Å²) in [7, 11) is 0. The topological polar surface area (TPSA) is 46.1 Å². The van der Waals surface area contributed by atoms with Crippen molar-refractivity contribution in [2.45, 2.75) is 59.2 Å². The Balaban J connectivity index is 2.57. The number of nitrogens with one attached hydrogen (secondary N) is 2. The van der Waals surface area contributed by atoms with Gasteiger partial charge in [0, 0.05) is 24.0 Å². The Kier molecular flexibility index (Phi) is 6.64. The zero-order chi connectivity index (χ0) is 14.3. The third kappa shape index (κ3) is 5.07. The first-order chi connectivity index (χ1) is 9.08. The molecule has 108 valence electrons. The second-order valence-corrected chi connectivity index (χ2v) is 5.10. The molecule has 0 aliphatic carbocycles. The molecule has 0 aliphatic rings. The van der Waals surface area contributed by atoms with Gasteiger partial charge in [-0.25, -0.2) is 0 Å². The lowest BCUT2D eigenvalue weighted by Gasteiger charge is -2.17. The maximum absolute atomic E-state index is 12.0. The summed E-state index contributed by atoms with van der Waals surface area (Å²) >= 11 is 0. The quantitative estimate of drug-likeness (QED) is 0.758. The standard InChI is InChI=1S/C15H27N3O/c1-5-8-12(3)17-15(19)11-18-10-7-9-14(18)13(4)16-6-2/h7,9-10,12-13,16H,5-6,8,11H2,1-4H3,(H,17,19). The van der Waals surface area contributed by atoms with E-state index in [-0.39, 0.29) is 18.0 Å². The zero-order valence-corrected chi connectivity index (χ0v) is 12.6. The summed E-state index contributed by atoms with van der Waals surface area (Å²) in [6, 6.07) is 4.57. The van der Waals surface area contributed by atoms with E-state index in [1.807, 2.05) is 16.8 Å². The van der Waals surface area contributed by atoms with E-state index in [9.17, 15) is 4.79 Å². The molecule has 1 amide bonds. The van der Waals surface area contributed by atoms with Gasteiger partial charge in [0.1, 0.15) is 6.54 Å². The maximum atomic E-state index is 12.0. The number of rotatable bonds is 8. The number of carbonyl (C=O) groups excluding carboxylic acids is 1. The highest BCUT2D eigenvalue weighted by Gasteiger charge is 2.12. The monoisotopic (exact) mass is 265 g/mol. The summed E-state index contributed by atoms with van der Waals surface area (Å²) in [5.41, 5.74) is 1.15. The van der Waals surface area contributed by atoms with Gasteiger partial charge in [-0.2, -0.15) is 0 Å². The Hall–Kier alpha value is -1.29. The van der Waals surface area contributed by atoms with Crippen LogP contribution in [0.15, 0.2) is 18.3 Å². The molecule has 0 saturated carbocycles. The Morgan fingerprint density at radius 2 is 2.11 bits per heavy atom. The van der Waals surface area contributed by atoms with Crippen LogP contribution in [0.4, 0.5) is 0 Å². The first-order valence-corrected chi connectivity index (χ1v) is 7.26. The second-order valence-electron chi connectivity index (χ2n) is 5.10. The summed E-state index contributed by atoms with van der Waals surface area (Å²) < 4.78 is 2.02. The van der Waals surface area contributed by atoms with E-state index in [0.717, 1.165) is 25.1 Å². The molecule has 0 spiro atoms. The number of hydrogen-bond acceptors (Lipinski definition) is 2. The van der Waals surface area contributed by atoms with E-state index >= 15 is 0 Å². The van der Waals surface area contributed by atoms with Crippen LogP contribution < -0.4 is 10.6 Å². The van der Waals surface area contributed by atoms with E-state index in [4.69, 9.17) is 0 Å². The molecule has 2 atom stereocenters. The zero-order valence-electron chi connectivity index (χ0n) is 12.6. The van der Waals surface area contributed by atoms with E-state index in [1.165, 1.54) is 0 Å². The van der Waals surface area contributed by atoms with Gasteiger partial charge in [0.05, 0.1) is 0 Å². The van der Waals surface area contributed by atoms with Crippen LogP contribution in [0.5, 0.6) is 0 Å². The smallest absolute Gasteiger partial charge is 0.240 e. The molecule has 0 radical (unpaired) electrons. The number of nitrogens with zero attached hydrogens (tertiary/aromatic N) is 1. The van der Waals surface area contributed by atoms with Gasteiger partial charge in [-0.05, 0) is 38.9 Å². The molecule has 0 aliphatic heterocycles. The van der Waals surface area contributed by atoms with Crippen molar-refractivity contribution in [2.24, 2.45) is 0 Å². The van der Waals surface area contributed by atoms with Crippen molar-refractivity contribution in [3.8, 4) is 0 Å². The molecule has 1 aromatic rings. The van der Waals surface area contributed by atoms with Gasteiger partial charge in [0.15, 0.2) is 0 Å². The van der Waals surface area contributed by atoms with Gasteiger partial charge in [0.25, 0.3) is 0 Å². The van der Waals surface area contributed by atoms with Crippen LogP contribution >= 0.6 is 0 Å². The maximum Gasteiger partial charge on any atom is 0.240 e. The lowest BCUT2D eigenvalue weighted by Crippen LogP contribution is -2.35. The van der Waals surface area contributed by atoms with Gasteiger partial charge in [-0.3, -0.25) is 4.79 Å². The minimum Gasteiger partial charge on any atom is -0.352 e. The van der Waals surface area contributed by atoms with E-state index < -0.39 is 0 Å². The molecule has 2 N–H and O–H groups in total. The molecular weight excluding hydrogens is 238 g/mol. The third-order valence-corrected chi connectivity index (χ3v) is 3.26. The van der Waals surface area contributed by atoms with Gasteiger partial charge in [-0.15, -0.1) is 0 Å². The van der Waals surface area contributed by atoms with Crippen LogP contribution in [0.3, 0.4) is 0 Å². The number of amides is 1. The Morgan fingerprint density at radius 3 is 2.74 bits per heavy atom.